The van der Waals surface area contributed by atoms with E-state index in [9.17, 15) is 10.1 Å². The molecule has 6 heteroatoms. The maximum Gasteiger partial charge on any atom is 0.273 e. The number of hydrogen-bond donors (Lipinski definition) is 2. The summed E-state index contributed by atoms with van der Waals surface area (Å²) in [7, 11) is 0. The van der Waals surface area contributed by atoms with Crippen LogP contribution in [0.4, 0.5) is 11.4 Å². The molecule has 0 fully saturated rings. The van der Waals surface area contributed by atoms with Crippen LogP contribution in [0.2, 0.25) is 0 Å². The van der Waals surface area contributed by atoms with Crippen LogP contribution in [-0.4, -0.2) is 4.92 Å². The number of nitro groups is 1. The maximum absolute atomic E-state index is 10.5. The number of nitrogens with two attached hydrogens (primary N) is 1. The lowest BCUT2D eigenvalue weighted by Gasteiger charge is -2.02. The first kappa shape index (κ1) is 9.76. The van der Waals surface area contributed by atoms with Gasteiger partial charge in [-0.1, -0.05) is 0 Å². The van der Waals surface area contributed by atoms with Crippen molar-refractivity contribution in [1.29, 1.82) is 0 Å². The molecule has 70 valence electrons. The molecule has 0 amide bonds. The fraction of sp³-hybridized carbons (Fsp3) is 0.143. The molecular weight excluding hydrogens is 194 g/mol. The second-order valence-corrected chi connectivity index (χ2v) is 2.65. The van der Waals surface area contributed by atoms with Crippen molar-refractivity contribution in [3.05, 3.63) is 33.9 Å². The smallest absolute Gasteiger partial charge is 0.273 e. The lowest BCUT2D eigenvalue weighted by molar-refractivity contribution is -0.385. The monoisotopic (exact) mass is 201 g/mol. The molecule has 1 aromatic rings. The molecule has 1 rings (SSSR count). The van der Waals surface area contributed by atoms with Crippen molar-refractivity contribution in [2.24, 2.45) is 5.84 Å². The number of nitrogens with zero attached hydrogens (tertiary/aromatic N) is 1. The second kappa shape index (κ2) is 4.06. The molecule has 5 nitrogen and oxygen atoms in total. The SMILES string of the molecule is NNc1ccc([N+](=O)[O-])c(CCl)c1. The molecule has 0 aromatic heterocycles. The largest absolute Gasteiger partial charge is 0.324 e. The lowest BCUT2D eigenvalue weighted by Crippen LogP contribution is -2.07. The zero-order valence-corrected chi connectivity index (χ0v) is 7.41. The van der Waals surface area contributed by atoms with Crippen LogP contribution in [0.3, 0.4) is 0 Å². The number of halogens is 1. The van der Waals surface area contributed by atoms with E-state index in [4.69, 9.17) is 17.4 Å². The lowest BCUT2D eigenvalue weighted by atomic mass is 10.2. The number of alkyl halides is 1. The average Bonchev–Trinajstić information content (AvgIpc) is 2.16. The molecule has 0 aliphatic heterocycles. The van der Waals surface area contributed by atoms with Gasteiger partial charge >= 0.3 is 0 Å². The highest BCUT2D eigenvalue weighted by Crippen LogP contribution is 2.23. The van der Waals surface area contributed by atoms with Crippen LogP contribution in [-0.2, 0) is 5.88 Å². The van der Waals surface area contributed by atoms with Gasteiger partial charge in [0.05, 0.1) is 10.8 Å². The van der Waals surface area contributed by atoms with Crippen molar-refractivity contribution in [2.45, 2.75) is 5.88 Å². The standard InChI is InChI=1S/C7H8ClN3O2/c8-4-5-3-6(10-9)1-2-7(5)11(12)13/h1-3,10H,4,9H2. The Kier molecular flexibility index (Phi) is 3.05. The second-order valence-electron chi connectivity index (χ2n) is 2.38. The molecule has 0 unspecified atom stereocenters. The number of hydrazine groups is 1. The van der Waals surface area contributed by atoms with Crippen molar-refractivity contribution >= 4 is 23.0 Å². The van der Waals surface area contributed by atoms with Crippen molar-refractivity contribution < 1.29 is 4.92 Å². The van der Waals surface area contributed by atoms with Crippen molar-refractivity contribution in [3.63, 3.8) is 0 Å². The Hall–Kier alpha value is -1.33. The first-order valence-electron chi connectivity index (χ1n) is 3.49. The molecule has 0 aliphatic rings. The zero-order chi connectivity index (χ0) is 9.84. The van der Waals surface area contributed by atoms with Crippen molar-refractivity contribution in [1.82, 2.24) is 0 Å². The quantitative estimate of drug-likeness (QED) is 0.337. The third-order valence-electron chi connectivity index (χ3n) is 1.59. The highest BCUT2D eigenvalue weighted by molar-refractivity contribution is 6.17. The van der Waals surface area contributed by atoms with E-state index < -0.39 is 4.92 Å². The van der Waals surface area contributed by atoms with E-state index in [1.54, 1.807) is 6.07 Å². The summed E-state index contributed by atoms with van der Waals surface area (Å²) in [4.78, 5) is 10.0. The Bertz CT molecular complexity index is 330. The fourth-order valence-corrected chi connectivity index (χ4v) is 1.17. The van der Waals surface area contributed by atoms with Gasteiger partial charge in [0.15, 0.2) is 0 Å². The van der Waals surface area contributed by atoms with Gasteiger partial charge in [-0.25, -0.2) is 0 Å². The van der Waals surface area contributed by atoms with Gasteiger partial charge in [-0.2, -0.15) is 0 Å². The summed E-state index contributed by atoms with van der Waals surface area (Å²) in [6, 6.07) is 4.44. The molecule has 0 bridgehead atoms. The third kappa shape index (κ3) is 2.07. The van der Waals surface area contributed by atoms with Crippen LogP contribution in [0, 0.1) is 10.1 Å². The molecule has 0 heterocycles. The van der Waals surface area contributed by atoms with E-state index >= 15 is 0 Å². The Morgan fingerprint density at radius 2 is 2.31 bits per heavy atom. The van der Waals surface area contributed by atoms with Crippen LogP contribution in [0.1, 0.15) is 5.56 Å². The van der Waals surface area contributed by atoms with Crippen LogP contribution in [0.25, 0.3) is 0 Å². The average molecular weight is 202 g/mol. The summed E-state index contributed by atoms with van der Waals surface area (Å²) < 4.78 is 0. The Morgan fingerprint density at radius 3 is 2.77 bits per heavy atom. The maximum atomic E-state index is 10.5. The molecule has 0 aliphatic carbocycles. The minimum atomic E-state index is -0.474. The molecule has 1 aromatic carbocycles. The number of nitrogen functional groups attached to an aromatic ring is 1. The van der Waals surface area contributed by atoms with Crippen molar-refractivity contribution in [3.8, 4) is 0 Å². The van der Waals surface area contributed by atoms with Gasteiger partial charge < -0.3 is 5.43 Å². The van der Waals surface area contributed by atoms with E-state index in [2.05, 4.69) is 5.43 Å². The van der Waals surface area contributed by atoms with E-state index in [0.717, 1.165) is 0 Å². The fourth-order valence-electron chi connectivity index (χ4n) is 0.960. The van der Waals surface area contributed by atoms with Gasteiger partial charge in [-0.3, -0.25) is 16.0 Å². The molecule has 0 saturated carbocycles. The number of nitrogens with one attached hydrogen (secondary N) is 1. The third-order valence-corrected chi connectivity index (χ3v) is 1.87. The topological polar surface area (TPSA) is 81.2 Å². The summed E-state index contributed by atoms with van der Waals surface area (Å²) in [5, 5.41) is 10.5. The number of nitro benzene ring substituents is 1. The summed E-state index contributed by atoms with van der Waals surface area (Å²) in [5.74, 6) is 5.23. The normalized spacial score (nSPS) is 9.69. The number of rotatable bonds is 3. The van der Waals surface area contributed by atoms with E-state index in [1.807, 2.05) is 0 Å². The molecule has 0 atom stereocenters. The summed E-state index contributed by atoms with van der Waals surface area (Å²) >= 11 is 5.53. The highest BCUT2D eigenvalue weighted by atomic mass is 35.5. The van der Waals surface area contributed by atoms with Crippen LogP contribution in [0.5, 0.6) is 0 Å². The Labute approximate surface area is 79.6 Å². The molecular formula is C7H8ClN3O2. The zero-order valence-electron chi connectivity index (χ0n) is 6.66. The molecule has 0 spiro atoms. The van der Waals surface area contributed by atoms with Crippen LogP contribution in [0.15, 0.2) is 18.2 Å². The van der Waals surface area contributed by atoms with Gasteiger partial charge in [0.1, 0.15) is 0 Å². The highest BCUT2D eigenvalue weighted by Gasteiger charge is 2.12. The summed E-state index contributed by atoms with van der Waals surface area (Å²) in [6.07, 6.45) is 0. The van der Waals surface area contributed by atoms with Gasteiger partial charge in [-0.05, 0) is 12.1 Å². The molecule has 0 radical (unpaired) electrons. The van der Waals surface area contributed by atoms with E-state index in [-0.39, 0.29) is 11.6 Å². The number of anilines is 1. The first-order chi connectivity index (χ1) is 6.19. The minimum Gasteiger partial charge on any atom is -0.324 e. The van der Waals surface area contributed by atoms with Gasteiger partial charge in [0, 0.05) is 17.3 Å². The molecule has 3 N–H and O–H groups in total. The minimum absolute atomic E-state index is 0.00833. The predicted molar refractivity (Wildman–Crippen MR) is 50.5 cm³/mol. The predicted octanol–water partition coefficient (Wildman–Crippen LogP) is 1.62. The van der Waals surface area contributed by atoms with E-state index in [1.165, 1.54) is 12.1 Å². The van der Waals surface area contributed by atoms with Gasteiger partial charge in [0.2, 0.25) is 0 Å². The molecule has 13 heavy (non-hydrogen) atoms. The number of benzene rings is 1. The first-order valence-corrected chi connectivity index (χ1v) is 4.02. The Balaban J connectivity index is 3.15. The van der Waals surface area contributed by atoms with Gasteiger partial charge in [-0.15, -0.1) is 11.6 Å². The molecule has 0 saturated heterocycles. The number of hydrogen-bond acceptors (Lipinski definition) is 4. The van der Waals surface area contributed by atoms with Crippen LogP contribution < -0.4 is 11.3 Å². The van der Waals surface area contributed by atoms with Gasteiger partial charge in [0.25, 0.3) is 5.69 Å². The Morgan fingerprint density at radius 1 is 1.62 bits per heavy atom. The summed E-state index contributed by atoms with van der Waals surface area (Å²) in [6.45, 7) is 0. The van der Waals surface area contributed by atoms with Crippen molar-refractivity contribution in [2.75, 3.05) is 5.43 Å². The summed E-state index contributed by atoms with van der Waals surface area (Å²) in [5.41, 5.74) is 3.44. The van der Waals surface area contributed by atoms with E-state index in [0.29, 0.717) is 11.3 Å². The van der Waals surface area contributed by atoms with Crippen LogP contribution >= 0.6 is 11.6 Å².